The lowest BCUT2D eigenvalue weighted by Gasteiger charge is -2.00. The largest absolute Gasteiger partial charge is 0.330 e. The van der Waals surface area contributed by atoms with Crippen LogP contribution in [0.3, 0.4) is 0 Å². The van der Waals surface area contributed by atoms with Gasteiger partial charge in [-0.25, -0.2) is 17.8 Å². The van der Waals surface area contributed by atoms with Crippen molar-refractivity contribution in [3.8, 4) is 0 Å². The van der Waals surface area contributed by atoms with Crippen molar-refractivity contribution >= 4 is 20.9 Å². The van der Waals surface area contributed by atoms with E-state index in [4.69, 9.17) is 0 Å². The van der Waals surface area contributed by atoms with Crippen molar-refractivity contribution < 1.29 is 12.8 Å². The average Bonchev–Trinajstić information content (AvgIpc) is 2.42. The van der Waals surface area contributed by atoms with E-state index in [2.05, 4.69) is 4.98 Å². The smallest absolute Gasteiger partial charge is 0.154 e. The number of halogens is 1. The van der Waals surface area contributed by atoms with E-state index in [1.165, 1.54) is 18.2 Å². The number of hydrogen-bond donors (Lipinski definition) is 0. The van der Waals surface area contributed by atoms with Crippen molar-refractivity contribution in [1.82, 2.24) is 9.55 Å². The van der Waals surface area contributed by atoms with Crippen molar-refractivity contribution in [3.05, 3.63) is 29.8 Å². The Labute approximate surface area is 92.6 Å². The number of rotatable bonds is 2. The lowest BCUT2D eigenvalue weighted by atomic mass is 10.3. The summed E-state index contributed by atoms with van der Waals surface area (Å²) in [7, 11) is -1.46. The lowest BCUT2D eigenvalue weighted by molar-refractivity contribution is 0.598. The molecule has 0 unspecified atom stereocenters. The van der Waals surface area contributed by atoms with E-state index in [0.29, 0.717) is 16.9 Å². The highest BCUT2D eigenvalue weighted by atomic mass is 32.2. The normalized spacial score (nSPS) is 12.2. The summed E-state index contributed by atoms with van der Waals surface area (Å²) in [5.41, 5.74) is 1.20. The summed E-state index contributed by atoms with van der Waals surface area (Å²) in [5, 5.41) is 0. The molecule has 0 atom stereocenters. The molecular formula is C10H11FN2O2S. The fraction of sp³-hybridized carbons (Fsp3) is 0.300. The summed E-state index contributed by atoms with van der Waals surface area (Å²) in [6, 6.07) is 4.18. The van der Waals surface area contributed by atoms with Gasteiger partial charge in [-0.2, -0.15) is 0 Å². The second kappa shape index (κ2) is 3.55. The van der Waals surface area contributed by atoms with Gasteiger partial charge < -0.3 is 4.57 Å². The third kappa shape index (κ3) is 2.06. The quantitative estimate of drug-likeness (QED) is 0.796. The van der Waals surface area contributed by atoms with Crippen molar-refractivity contribution in [2.45, 2.75) is 5.75 Å². The first kappa shape index (κ1) is 11.1. The molecule has 1 aromatic heterocycles. The summed E-state index contributed by atoms with van der Waals surface area (Å²) < 4.78 is 36.9. The predicted molar refractivity (Wildman–Crippen MR) is 59.2 cm³/mol. The molecule has 4 nitrogen and oxygen atoms in total. The Bertz CT molecular complexity index is 646. The molecule has 16 heavy (non-hydrogen) atoms. The first-order chi connectivity index (χ1) is 7.37. The standard InChI is InChI=1S/C10H11FN2O2S/c1-13-9-5-7(11)3-4-8(9)12-10(13)6-16(2,14)15/h3-5H,6H2,1-2H3. The van der Waals surface area contributed by atoms with Gasteiger partial charge in [0.1, 0.15) is 17.4 Å². The summed E-state index contributed by atoms with van der Waals surface area (Å²) in [4.78, 5) is 4.16. The molecule has 0 amide bonds. The van der Waals surface area contributed by atoms with Crippen molar-refractivity contribution in [3.63, 3.8) is 0 Å². The van der Waals surface area contributed by atoms with Crippen LogP contribution in [-0.4, -0.2) is 24.2 Å². The second-order valence-corrected chi connectivity index (χ2v) is 5.93. The number of sulfone groups is 1. The highest BCUT2D eigenvalue weighted by Crippen LogP contribution is 2.17. The maximum Gasteiger partial charge on any atom is 0.154 e. The number of benzene rings is 1. The Balaban J connectivity index is 2.61. The van der Waals surface area contributed by atoms with Crippen LogP contribution in [0.4, 0.5) is 4.39 Å². The molecule has 0 aliphatic heterocycles. The predicted octanol–water partition coefficient (Wildman–Crippen LogP) is 1.26. The molecule has 0 radical (unpaired) electrons. The maximum absolute atomic E-state index is 13.0. The van der Waals surface area contributed by atoms with Crippen LogP contribution in [0.1, 0.15) is 5.82 Å². The Kier molecular flexibility index (Phi) is 2.46. The van der Waals surface area contributed by atoms with E-state index in [-0.39, 0.29) is 11.6 Å². The zero-order valence-corrected chi connectivity index (χ0v) is 9.75. The minimum atomic E-state index is -3.13. The summed E-state index contributed by atoms with van der Waals surface area (Å²) in [5.74, 6) is -0.0794. The molecule has 1 heterocycles. The summed E-state index contributed by atoms with van der Waals surface area (Å²) in [6.07, 6.45) is 1.15. The van der Waals surface area contributed by atoms with Crippen molar-refractivity contribution in [2.24, 2.45) is 7.05 Å². The van der Waals surface area contributed by atoms with Gasteiger partial charge in [0.05, 0.1) is 11.0 Å². The van der Waals surface area contributed by atoms with Crippen molar-refractivity contribution in [2.75, 3.05) is 6.26 Å². The molecule has 2 rings (SSSR count). The number of aryl methyl sites for hydroxylation is 1. The monoisotopic (exact) mass is 242 g/mol. The SMILES string of the molecule is Cn1c(CS(C)(=O)=O)nc2ccc(F)cc21. The van der Waals surface area contributed by atoms with Crippen LogP contribution in [0.25, 0.3) is 11.0 Å². The van der Waals surface area contributed by atoms with E-state index in [1.54, 1.807) is 11.6 Å². The number of imidazole rings is 1. The number of nitrogens with zero attached hydrogens (tertiary/aromatic N) is 2. The van der Waals surface area contributed by atoms with Gasteiger partial charge in [-0.1, -0.05) is 0 Å². The Morgan fingerprint density at radius 3 is 2.75 bits per heavy atom. The molecule has 2 aromatic rings. The van der Waals surface area contributed by atoms with Crippen LogP contribution in [-0.2, 0) is 22.6 Å². The molecule has 86 valence electrons. The minimum absolute atomic E-state index is 0.139. The van der Waals surface area contributed by atoms with Crippen LogP contribution in [0.2, 0.25) is 0 Å². The van der Waals surface area contributed by atoms with Gasteiger partial charge in [-0.15, -0.1) is 0 Å². The number of hydrogen-bond acceptors (Lipinski definition) is 3. The second-order valence-electron chi connectivity index (χ2n) is 3.79. The zero-order valence-electron chi connectivity index (χ0n) is 8.94. The fourth-order valence-corrected chi connectivity index (χ4v) is 2.30. The fourth-order valence-electron chi connectivity index (χ4n) is 1.58. The van der Waals surface area contributed by atoms with Gasteiger partial charge >= 0.3 is 0 Å². The molecule has 0 saturated heterocycles. The first-order valence-electron chi connectivity index (χ1n) is 4.65. The molecule has 0 fully saturated rings. The Hall–Kier alpha value is -1.43. The van der Waals surface area contributed by atoms with Crippen LogP contribution in [0.5, 0.6) is 0 Å². The molecule has 0 bridgehead atoms. The van der Waals surface area contributed by atoms with Gasteiger partial charge in [-0.3, -0.25) is 0 Å². The van der Waals surface area contributed by atoms with Crippen LogP contribution < -0.4 is 0 Å². The average molecular weight is 242 g/mol. The lowest BCUT2D eigenvalue weighted by Crippen LogP contribution is -2.06. The highest BCUT2D eigenvalue weighted by molar-refractivity contribution is 7.89. The topological polar surface area (TPSA) is 52.0 Å². The van der Waals surface area contributed by atoms with Gasteiger partial charge in [0.25, 0.3) is 0 Å². The summed E-state index contributed by atoms with van der Waals surface area (Å²) in [6.45, 7) is 0. The summed E-state index contributed by atoms with van der Waals surface area (Å²) >= 11 is 0. The van der Waals surface area contributed by atoms with Crippen LogP contribution in [0, 0.1) is 5.82 Å². The van der Waals surface area contributed by atoms with E-state index in [9.17, 15) is 12.8 Å². The van der Waals surface area contributed by atoms with Gasteiger partial charge in [0, 0.05) is 13.3 Å². The number of aromatic nitrogens is 2. The molecule has 1 aromatic carbocycles. The van der Waals surface area contributed by atoms with E-state index >= 15 is 0 Å². The highest BCUT2D eigenvalue weighted by Gasteiger charge is 2.13. The Morgan fingerprint density at radius 1 is 1.44 bits per heavy atom. The maximum atomic E-state index is 13.0. The Morgan fingerprint density at radius 2 is 2.12 bits per heavy atom. The van der Waals surface area contributed by atoms with Crippen LogP contribution >= 0.6 is 0 Å². The van der Waals surface area contributed by atoms with E-state index < -0.39 is 9.84 Å². The molecule has 0 aliphatic carbocycles. The number of fused-ring (bicyclic) bond motifs is 1. The molecule has 0 aliphatic rings. The molecular weight excluding hydrogens is 231 g/mol. The molecule has 0 spiro atoms. The third-order valence-corrected chi connectivity index (χ3v) is 3.11. The van der Waals surface area contributed by atoms with Crippen LogP contribution in [0.15, 0.2) is 18.2 Å². The van der Waals surface area contributed by atoms with Gasteiger partial charge in [-0.05, 0) is 18.2 Å². The molecule has 6 heteroatoms. The van der Waals surface area contributed by atoms with Crippen molar-refractivity contribution in [1.29, 1.82) is 0 Å². The minimum Gasteiger partial charge on any atom is -0.330 e. The first-order valence-corrected chi connectivity index (χ1v) is 6.71. The zero-order chi connectivity index (χ0) is 11.9. The van der Waals surface area contributed by atoms with E-state index in [1.807, 2.05) is 0 Å². The molecule has 0 N–H and O–H groups in total. The van der Waals surface area contributed by atoms with Gasteiger partial charge in [0.15, 0.2) is 9.84 Å². The van der Waals surface area contributed by atoms with Gasteiger partial charge in [0.2, 0.25) is 0 Å². The third-order valence-electron chi connectivity index (χ3n) is 2.33. The van der Waals surface area contributed by atoms with E-state index in [0.717, 1.165) is 6.26 Å². The molecule has 0 saturated carbocycles.